The molecular formula is C11H16BrN3O4S. The first-order valence-electron chi connectivity index (χ1n) is 5.84. The summed E-state index contributed by atoms with van der Waals surface area (Å²) in [6.45, 7) is 2.56. The number of rotatable bonds is 7. The van der Waals surface area contributed by atoms with Crippen LogP contribution in [0.4, 0.5) is 11.4 Å². The van der Waals surface area contributed by atoms with Gasteiger partial charge in [-0.2, -0.15) is 0 Å². The van der Waals surface area contributed by atoms with Gasteiger partial charge in [-0.3, -0.25) is 10.1 Å². The summed E-state index contributed by atoms with van der Waals surface area (Å²) in [6, 6.07) is 3.14. The van der Waals surface area contributed by atoms with E-state index in [1.807, 2.05) is 0 Å². The van der Waals surface area contributed by atoms with Gasteiger partial charge in [-0.1, -0.05) is 0 Å². The Labute approximate surface area is 126 Å². The van der Waals surface area contributed by atoms with Crippen molar-refractivity contribution in [3.05, 3.63) is 32.3 Å². The van der Waals surface area contributed by atoms with Gasteiger partial charge >= 0.3 is 0 Å². The number of anilines is 1. The van der Waals surface area contributed by atoms with Crippen LogP contribution in [0, 0.1) is 17.0 Å². The maximum absolute atomic E-state index is 10.9. The molecule has 2 N–H and O–H groups in total. The molecule has 7 nitrogen and oxygen atoms in total. The van der Waals surface area contributed by atoms with E-state index in [-0.39, 0.29) is 5.69 Å². The Kier molecular flexibility index (Phi) is 5.90. The molecule has 0 saturated carbocycles. The molecule has 0 aromatic heterocycles. The zero-order valence-corrected chi connectivity index (χ0v) is 13.5. The highest BCUT2D eigenvalue weighted by molar-refractivity contribution is 9.10. The fraction of sp³-hybridized carbons (Fsp3) is 0.455. The number of benzene rings is 1. The van der Waals surface area contributed by atoms with Gasteiger partial charge in [-0.15, -0.1) is 0 Å². The number of hydrogen-bond donors (Lipinski definition) is 2. The minimum atomic E-state index is -3.16. The van der Waals surface area contributed by atoms with E-state index in [4.69, 9.17) is 0 Å². The number of nitrogens with zero attached hydrogens (tertiary/aromatic N) is 1. The van der Waals surface area contributed by atoms with Crippen LogP contribution in [0.3, 0.4) is 0 Å². The third-order valence-corrected chi connectivity index (χ3v) is 3.90. The highest BCUT2D eigenvalue weighted by Crippen LogP contribution is 2.30. The number of nitro benzene ring substituents is 1. The molecule has 0 fully saturated rings. The Hall–Kier alpha value is -1.19. The van der Waals surface area contributed by atoms with Crippen LogP contribution in [-0.2, 0) is 10.0 Å². The molecule has 0 atom stereocenters. The predicted octanol–water partition coefficient (Wildman–Crippen LogP) is 2.02. The number of nitro groups is 1. The molecule has 0 unspecified atom stereocenters. The van der Waals surface area contributed by atoms with Gasteiger partial charge in [-0.25, -0.2) is 13.1 Å². The second-order valence-electron chi connectivity index (χ2n) is 4.32. The molecule has 20 heavy (non-hydrogen) atoms. The van der Waals surface area contributed by atoms with Crippen LogP contribution in [0.1, 0.15) is 12.0 Å². The van der Waals surface area contributed by atoms with Crippen LogP contribution in [0.5, 0.6) is 0 Å². The van der Waals surface area contributed by atoms with Gasteiger partial charge in [-0.05, 0) is 35.3 Å². The molecule has 0 aliphatic rings. The van der Waals surface area contributed by atoms with E-state index >= 15 is 0 Å². The van der Waals surface area contributed by atoms with Crippen LogP contribution < -0.4 is 10.0 Å². The van der Waals surface area contributed by atoms with Gasteiger partial charge in [0.2, 0.25) is 10.0 Å². The maximum Gasteiger partial charge on any atom is 0.273 e. The Morgan fingerprint density at radius 1 is 1.35 bits per heavy atom. The van der Waals surface area contributed by atoms with Crippen LogP contribution >= 0.6 is 15.9 Å². The number of sulfonamides is 1. The van der Waals surface area contributed by atoms with E-state index in [1.54, 1.807) is 13.0 Å². The lowest BCUT2D eigenvalue weighted by Gasteiger charge is -2.10. The van der Waals surface area contributed by atoms with Gasteiger partial charge in [0.25, 0.3) is 5.69 Å². The first kappa shape index (κ1) is 16.9. The Morgan fingerprint density at radius 3 is 2.55 bits per heavy atom. The lowest BCUT2D eigenvalue weighted by molar-refractivity contribution is -0.385. The molecule has 0 aliphatic heterocycles. The van der Waals surface area contributed by atoms with Crippen molar-refractivity contribution in [1.29, 1.82) is 0 Å². The lowest BCUT2D eigenvalue weighted by Crippen LogP contribution is -2.24. The van der Waals surface area contributed by atoms with Crippen molar-refractivity contribution in [3.63, 3.8) is 0 Å². The summed E-state index contributed by atoms with van der Waals surface area (Å²) in [4.78, 5) is 10.3. The molecule has 0 spiro atoms. The van der Waals surface area contributed by atoms with Crippen LogP contribution in [0.25, 0.3) is 0 Å². The van der Waals surface area contributed by atoms with Crippen molar-refractivity contribution in [3.8, 4) is 0 Å². The van der Waals surface area contributed by atoms with Crippen molar-refractivity contribution in [2.45, 2.75) is 13.3 Å². The van der Waals surface area contributed by atoms with Gasteiger partial charge in [0.05, 0.1) is 11.2 Å². The van der Waals surface area contributed by atoms with Crippen LogP contribution in [-0.4, -0.2) is 32.7 Å². The third-order valence-electron chi connectivity index (χ3n) is 2.52. The first-order valence-corrected chi connectivity index (χ1v) is 8.52. The van der Waals surface area contributed by atoms with Gasteiger partial charge in [0.1, 0.15) is 0 Å². The summed E-state index contributed by atoms with van der Waals surface area (Å²) in [5.41, 5.74) is 1.36. The summed E-state index contributed by atoms with van der Waals surface area (Å²) >= 11 is 3.27. The van der Waals surface area contributed by atoms with Crippen molar-refractivity contribution in [2.75, 3.05) is 24.7 Å². The zero-order chi connectivity index (χ0) is 15.3. The van der Waals surface area contributed by atoms with E-state index in [9.17, 15) is 18.5 Å². The van der Waals surface area contributed by atoms with Crippen LogP contribution in [0.2, 0.25) is 0 Å². The number of nitrogens with one attached hydrogen (secondary N) is 2. The molecule has 9 heteroatoms. The van der Waals surface area contributed by atoms with Gasteiger partial charge < -0.3 is 5.32 Å². The molecule has 0 radical (unpaired) electrons. The molecule has 0 saturated heterocycles. The zero-order valence-electron chi connectivity index (χ0n) is 11.1. The smallest absolute Gasteiger partial charge is 0.273 e. The Bertz CT molecular complexity index is 604. The standard InChI is InChI=1S/C11H16BrN3O4S/c1-8-6-10(9(12)7-11(8)15(16)17)13-4-3-5-14-20(2,18)19/h6-7,13-14H,3-5H2,1-2H3. The fourth-order valence-corrected chi connectivity index (χ4v) is 2.56. The summed E-state index contributed by atoms with van der Waals surface area (Å²) < 4.78 is 24.7. The molecular weight excluding hydrogens is 350 g/mol. The lowest BCUT2D eigenvalue weighted by atomic mass is 10.2. The molecule has 1 aromatic carbocycles. The third kappa shape index (κ3) is 5.43. The second-order valence-corrected chi connectivity index (χ2v) is 7.01. The monoisotopic (exact) mass is 365 g/mol. The summed E-state index contributed by atoms with van der Waals surface area (Å²) in [5.74, 6) is 0. The molecule has 0 bridgehead atoms. The molecule has 0 aliphatic carbocycles. The first-order chi connectivity index (χ1) is 9.20. The van der Waals surface area contributed by atoms with Crippen molar-refractivity contribution >= 4 is 37.3 Å². The number of halogens is 1. The van der Waals surface area contributed by atoms with E-state index in [0.29, 0.717) is 29.5 Å². The fourth-order valence-electron chi connectivity index (χ4n) is 1.57. The van der Waals surface area contributed by atoms with Gasteiger partial charge in [0.15, 0.2) is 0 Å². The minimum Gasteiger partial charge on any atom is -0.384 e. The van der Waals surface area contributed by atoms with Crippen LogP contribution in [0.15, 0.2) is 16.6 Å². The van der Waals surface area contributed by atoms with Crippen molar-refractivity contribution in [2.24, 2.45) is 0 Å². The molecule has 0 amide bonds. The van der Waals surface area contributed by atoms with Crippen molar-refractivity contribution in [1.82, 2.24) is 4.72 Å². The minimum absolute atomic E-state index is 0.0566. The summed E-state index contributed by atoms with van der Waals surface area (Å²) in [7, 11) is -3.16. The maximum atomic E-state index is 10.9. The predicted molar refractivity (Wildman–Crippen MR) is 81.5 cm³/mol. The average Bonchev–Trinajstić information content (AvgIpc) is 2.30. The topological polar surface area (TPSA) is 101 Å². The van der Waals surface area contributed by atoms with E-state index in [2.05, 4.69) is 26.0 Å². The largest absolute Gasteiger partial charge is 0.384 e. The number of hydrogen-bond acceptors (Lipinski definition) is 5. The SMILES string of the molecule is Cc1cc(NCCCNS(C)(=O)=O)c(Br)cc1[N+](=O)[O-]. The summed E-state index contributed by atoms with van der Waals surface area (Å²) in [6.07, 6.45) is 1.71. The average molecular weight is 366 g/mol. The van der Waals surface area contributed by atoms with Crippen molar-refractivity contribution < 1.29 is 13.3 Å². The van der Waals surface area contributed by atoms with E-state index in [0.717, 1.165) is 11.9 Å². The molecule has 1 rings (SSSR count). The second kappa shape index (κ2) is 7.00. The molecule has 112 valence electrons. The Morgan fingerprint density at radius 2 is 2.00 bits per heavy atom. The number of aryl methyl sites for hydroxylation is 1. The van der Waals surface area contributed by atoms with E-state index in [1.165, 1.54) is 6.07 Å². The molecule has 0 heterocycles. The van der Waals surface area contributed by atoms with E-state index < -0.39 is 14.9 Å². The highest BCUT2D eigenvalue weighted by Gasteiger charge is 2.13. The molecule has 1 aromatic rings. The highest BCUT2D eigenvalue weighted by atomic mass is 79.9. The normalized spacial score (nSPS) is 11.3. The van der Waals surface area contributed by atoms with Gasteiger partial charge in [0, 0.05) is 34.9 Å². The quantitative estimate of drug-likeness (QED) is 0.437. The summed E-state index contributed by atoms with van der Waals surface area (Å²) in [5, 5.41) is 13.9. The Balaban J connectivity index is 2.57.